The van der Waals surface area contributed by atoms with Gasteiger partial charge in [0.05, 0.1) is 5.56 Å². The van der Waals surface area contributed by atoms with Gasteiger partial charge in [-0.15, -0.1) is 0 Å². The van der Waals surface area contributed by atoms with Crippen LogP contribution in [0.3, 0.4) is 0 Å². The molecule has 1 amide bonds. The van der Waals surface area contributed by atoms with Crippen molar-refractivity contribution in [2.75, 3.05) is 6.54 Å². The Balaban J connectivity index is 2.01. The Labute approximate surface area is 125 Å². The zero-order chi connectivity index (χ0) is 13.9. The van der Waals surface area contributed by atoms with Crippen LogP contribution < -0.4 is 5.32 Å². The van der Waals surface area contributed by atoms with Crippen LogP contribution in [-0.4, -0.2) is 17.4 Å². The van der Waals surface area contributed by atoms with Crippen molar-refractivity contribution in [3.8, 4) is 0 Å². The van der Waals surface area contributed by atoms with E-state index in [0.29, 0.717) is 12.1 Å². The summed E-state index contributed by atoms with van der Waals surface area (Å²) < 4.78 is 0.803. The number of hydrogen-bond acceptors (Lipinski definition) is 3. The van der Waals surface area contributed by atoms with Gasteiger partial charge < -0.3 is 5.32 Å². The van der Waals surface area contributed by atoms with Gasteiger partial charge in [0.25, 0.3) is 5.91 Å². The smallest absolute Gasteiger partial charge is 0.252 e. The molecule has 0 aromatic carbocycles. The van der Waals surface area contributed by atoms with Gasteiger partial charge in [-0.05, 0) is 44.4 Å². The summed E-state index contributed by atoms with van der Waals surface area (Å²) in [6.45, 7) is 4.83. The second-order valence-electron chi connectivity index (χ2n) is 4.97. The third-order valence-corrected chi connectivity index (χ3v) is 4.08. The van der Waals surface area contributed by atoms with Crippen molar-refractivity contribution in [1.82, 2.24) is 10.3 Å². The number of carbonyl (C=O) groups excluding carboxylic acids is 1. The van der Waals surface area contributed by atoms with Crippen molar-refractivity contribution in [3.63, 3.8) is 0 Å². The maximum atomic E-state index is 12.0. The molecule has 19 heavy (non-hydrogen) atoms. The maximum Gasteiger partial charge on any atom is 0.252 e. The molecule has 0 fully saturated rings. The average molecular weight is 339 g/mol. The minimum Gasteiger partial charge on any atom is -0.351 e. The topological polar surface area (TPSA) is 42.0 Å². The Hall–Kier alpha value is -1.20. The summed E-state index contributed by atoms with van der Waals surface area (Å²) in [6, 6.07) is 3.86. The highest BCUT2D eigenvalue weighted by Crippen LogP contribution is 2.24. The van der Waals surface area contributed by atoms with Crippen LogP contribution in [0.25, 0.3) is 0 Å². The molecule has 0 unspecified atom stereocenters. The van der Waals surface area contributed by atoms with Crippen molar-refractivity contribution >= 4 is 33.2 Å². The van der Waals surface area contributed by atoms with Crippen molar-refractivity contribution in [3.05, 3.63) is 50.9 Å². The fraction of sp³-hybridized carbons (Fsp3) is 0.286. The van der Waals surface area contributed by atoms with Gasteiger partial charge in [0, 0.05) is 28.8 Å². The van der Waals surface area contributed by atoms with E-state index in [1.165, 1.54) is 5.56 Å². The normalized spacial score (nSPS) is 11.3. The molecule has 2 heterocycles. The van der Waals surface area contributed by atoms with Gasteiger partial charge in [0.15, 0.2) is 0 Å². The largest absolute Gasteiger partial charge is 0.351 e. The molecule has 0 radical (unpaired) electrons. The molecule has 0 spiro atoms. The third kappa shape index (κ3) is 3.64. The van der Waals surface area contributed by atoms with E-state index >= 15 is 0 Å². The zero-order valence-electron chi connectivity index (χ0n) is 10.8. The lowest BCUT2D eigenvalue weighted by atomic mass is 9.86. The van der Waals surface area contributed by atoms with Crippen LogP contribution in [0.4, 0.5) is 0 Å². The lowest BCUT2D eigenvalue weighted by Crippen LogP contribution is -2.36. The summed E-state index contributed by atoms with van der Waals surface area (Å²) in [5, 5.41) is 7.13. The number of carbonyl (C=O) groups is 1. The minimum atomic E-state index is -0.0999. The van der Waals surface area contributed by atoms with Crippen LogP contribution in [0.15, 0.2) is 39.8 Å². The first-order valence-corrected chi connectivity index (χ1v) is 7.64. The van der Waals surface area contributed by atoms with Gasteiger partial charge in [0.1, 0.15) is 0 Å². The van der Waals surface area contributed by atoms with E-state index in [1.54, 1.807) is 29.8 Å². The first-order valence-electron chi connectivity index (χ1n) is 5.90. The van der Waals surface area contributed by atoms with Crippen LogP contribution in [-0.2, 0) is 5.41 Å². The summed E-state index contributed by atoms with van der Waals surface area (Å²) >= 11 is 4.98. The van der Waals surface area contributed by atoms with E-state index in [-0.39, 0.29) is 11.3 Å². The standard InChI is InChI=1S/C14H15BrN2OS/c1-14(2,11-3-4-19-8-11)9-17-13(18)10-5-12(15)7-16-6-10/h3-8H,9H2,1-2H3,(H,17,18). The highest BCUT2D eigenvalue weighted by atomic mass is 79.9. The van der Waals surface area contributed by atoms with E-state index in [0.717, 1.165) is 4.47 Å². The fourth-order valence-electron chi connectivity index (χ4n) is 1.69. The summed E-state index contributed by atoms with van der Waals surface area (Å²) in [5.74, 6) is -0.0999. The summed E-state index contributed by atoms with van der Waals surface area (Å²) in [6.07, 6.45) is 3.23. The molecule has 0 aliphatic heterocycles. The highest BCUT2D eigenvalue weighted by Gasteiger charge is 2.22. The molecule has 0 aliphatic carbocycles. The molecule has 2 aromatic heterocycles. The van der Waals surface area contributed by atoms with E-state index in [1.807, 2.05) is 0 Å². The molecular weight excluding hydrogens is 324 g/mol. The molecule has 0 atom stereocenters. The fourth-order valence-corrected chi connectivity index (χ4v) is 2.90. The number of pyridine rings is 1. The molecule has 1 N–H and O–H groups in total. The Morgan fingerprint density at radius 2 is 2.26 bits per heavy atom. The second-order valence-corrected chi connectivity index (χ2v) is 6.67. The number of amides is 1. The third-order valence-electron chi connectivity index (χ3n) is 2.96. The number of nitrogens with zero attached hydrogens (tertiary/aromatic N) is 1. The summed E-state index contributed by atoms with van der Waals surface area (Å²) in [5.41, 5.74) is 1.73. The monoisotopic (exact) mass is 338 g/mol. The Kier molecular flexibility index (Phi) is 4.37. The number of thiophene rings is 1. The average Bonchev–Trinajstić information content (AvgIpc) is 2.90. The molecule has 0 saturated heterocycles. The molecule has 0 bridgehead atoms. The molecule has 100 valence electrons. The van der Waals surface area contributed by atoms with Crippen molar-refractivity contribution in [2.45, 2.75) is 19.3 Å². The van der Waals surface area contributed by atoms with Crippen LogP contribution >= 0.6 is 27.3 Å². The van der Waals surface area contributed by atoms with Gasteiger partial charge >= 0.3 is 0 Å². The summed E-state index contributed by atoms with van der Waals surface area (Å²) in [4.78, 5) is 16.0. The molecule has 3 nitrogen and oxygen atoms in total. The van der Waals surface area contributed by atoms with E-state index in [4.69, 9.17) is 0 Å². The Bertz CT molecular complexity index is 567. The zero-order valence-corrected chi connectivity index (χ0v) is 13.2. The first kappa shape index (κ1) is 14.2. The maximum absolute atomic E-state index is 12.0. The predicted octanol–water partition coefficient (Wildman–Crippen LogP) is 3.61. The van der Waals surface area contributed by atoms with Crippen LogP contribution in [0, 0.1) is 0 Å². The lowest BCUT2D eigenvalue weighted by molar-refractivity contribution is 0.0945. The van der Waals surface area contributed by atoms with Gasteiger partial charge in [-0.25, -0.2) is 0 Å². The van der Waals surface area contributed by atoms with Crippen molar-refractivity contribution in [1.29, 1.82) is 0 Å². The van der Waals surface area contributed by atoms with Gasteiger partial charge in [-0.1, -0.05) is 13.8 Å². The van der Waals surface area contributed by atoms with E-state index < -0.39 is 0 Å². The Morgan fingerprint density at radius 1 is 1.47 bits per heavy atom. The van der Waals surface area contributed by atoms with Crippen molar-refractivity contribution in [2.24, 2.45) is 0 Å². The SMILES string of the molecule is CC(C)(CNC(=O)c1cncc(Br)c1)c1ccsc1. The number of rotatable bonds is 4. The van der Waals surface area contributed by atoms with E-state index in [2.05, 4.69) is 56.9 Å². The number of nitrogens with one attached hydrogen (secondary N) is 1. The molecule has 0 aliphatic rings. The van der Waals surface area contributed by atoms with Gasteiger partial charge in [0.2, 0.25) is 0 Å². The van der Waals surface area contributed by atoms with Crippen LogP contribution in [0.2, 0.25) is 0 Å². The van der Waals surface area contributed by atoms with Crippen LogP contribution in [0.1, 0.15) is 29.8 Å². The minimum absolute atomic E-state index is 0.0743. The van der Waals surface area contributed by atoms with E-state index in [9.17, 15) is 4.79 Å². The number of hydrogen-bond donors (Lipinski definition) is 1. The predicted molar refractivity (Wildman–Crippen MR) is 81.6 cm³/mol. The first-order chi connectivity index (χ1) is 8.99. The molecule has 0 saturated carbocycles. The molecule has 2 rings (SSSR count). The van der Waals surface area contributed by atoms with Crippen molar-refractivity contribution < 1.29 is 4.79 Å². The molecule has 5 heteroatoms. The van der Waals surface area contributed by atoms with Gasteiger partial charge in [-0.2, -0.15) is 11.3 Å². The molecule has 2 aromatic rings. The Morgan fingerprint density at radius 3 is 2.89 bits per heavy atom. The highest BCUT2D eigenvalue weighted by molar-refractivity contribution is 9.10. The second kappa shape index (κ2) is 5.84. The number of halogens is 1. The quantitative estimate of drug-likeness (QED) is 0.925. The van der Waals surface area contributed by atoms with Crippen LogP contribution in [0.5, 0.6) is 0 Å². The van der Waals surface area contributed by atoms with Gasteiger partial charge in [-0.3, -0.25) is 9.78 Å². The number of aromatic nitrogens is 1. The lowest BCUT2D eigenvalue weighted by Gasteiger charge is -2.24. The summed E-state index contributed by atoms with van der Waals surface area (Å²) in [7, 11) is 0. The molecular formula is C14H15BrN2OS.